The SMILES string of the molecule is CC.CN(N)C(=N)c1ccccc1.Cc1ccc(F)cc1.NC=O.NCCCN1CCCCC1. The van der Waals surface area contributed by atoms with Crippen molar-refractivity contribution in [2.24, 2.45) is 17.3 Å². The molecular weight excluding hydrogens is 431 g/mol. The predicted molar refractivity (Wildman–Crippen MR) is 142 cm³/mol. The lowest BCUT2D eigenvalue weighted by molar-refractivity contribution is -0.106. The third-order valence-corrected chi connectivity index (χ3v) is 4.54. The molecule has 3 rings (SSSR count). The Morgan fingerprint density at radius 3 is 1.97 bits per heavy atom. The van der Waals surface area contributed by atoms with Crippen molar-refractivity contribution in [2.75, 3.05) is 33.2 Å². The minimum atomic E-state index is -0.171. The maximum absolute atomic E-state index is 12.1. The second-order valence-corrected chi connectivity index (χ2v) is 7.30. The Morgan fingerprint density at radius 2 is 1.56 bits per heavy atom. The zero-order valence-electron chi connectivity index (χ0n) is 21.3. The molecule has 2 aromatic carbocycles. The first-order valence-corrected chi connectivity index (χ1v) is 11.8. The molecule has 0 aliphatic carbocycles. The molecule has 0 radical (unpaired) electrons. The van der Waals surface area contributed by atoms with Crippen molar-refractivity contribution < 1.29 is 9.18 Å². The molecule has 0 atom stereocenters. The summed E-state index contributed by atoms with van der Waals surface area (Å²) in [5, 5.41) is 8.77. The summed E-state index contributed by atoms with van der Waals surface area (Å²) in [6.07, 6.45) is 5.63. The van der Waals surface area contributed by atoms with Crippen LogP contribution in [0.15, 0.2) is 54.6 Å². The lowest BCUT2D eigenvalue weighted by atomic mass is 10.1. The van der Waals surface area contributed by atoms with Crippen LogP contribution in [0.4, 0.5) is 4.39 Å². The highest BCUT2D eigenvalue weighted by Gasteiger charge is 2.07. The van der Waals surface area contributed by atoms with Gasteiger partial charge >= 0.3 is 0 Å². The van der Waals surface area contributed by atoms with Crippen molar-refractivity contribution in [3.8, 4) is 0 Å². The van der Waals surface area contributed by atoms with Crippen LogP contribution in [0.1, 0.15) is 50.7 Å². The third-order valence-electron chi connectivity index (χ3n) is 4.54. The fourth-order valence-corrected chi connectivity index (χ4v) is 2.83. The van der Waals surface area contributed by atoms with E-state index in [-0.39, 0.29) is 12.2 Å². The van der Waals surface area contributed by atoms with Gasteiger partial charge in [-0.2, -0.15) is 0 Å². The van der Waals surface area contributed by atoms with Gasteiger partial charge in [0.2, 0.25) is 6.41 Å². The summed E-state index contributed by atoms with van der Waals surface area (Å²) in [5.74, 6) is 5.53. The topological polar surface area (TPSA) is 125 Å². The van der Waals surface area contributed by atoms with E-state index in [2.05, 4.69) is 10.6 Å². The Labute approximate surface area is 205 Å². The van der Waals surface area contributed by atoms with Crippen LogP contribution in [0.2, 0.25) is 0 Å². The van der Waals surface area contributed by atoms with Crippen molar-refractivity contribution >= 4 is 12.2 Å². The van der Waals surface area contributed by atoms with Gasteiger partial charge in [0, 0.05) is 12.6 Å². The molecule has 8 heteroatoms. The predicted octanol–water partition coefficient (Wildman–Crippen LogP) is 3.90. The summed E-state index contributed by atoms with van der Waals surface area (Å²) in [7, 11) is 1.65. The smallest absolute Gasteiger partial charge is 0.204 e. The Kier molecular flexibility index (Phi) is 22.9. The molecule has 1 heterocycles. The number of nitrogens with one attached hydrogen (secondary N) is 1. The van der Waals surface area contributed by atoms with E-state index < -0.39 is 0 Å². The summed E-state index contributed by atoms with van der Waals surface area (Å²) >= 11 is 0. The fourth-order valence-electron chi connectivity index (χ4n) is 2.83. The summed E-state index contributed by atoms with van der Waals surface area (Å²) in [6, 6.07) is 15.8. The largest absolute Gasteiger partial charge is 0.372 e. The van der Waals surface area contributed by atoms with Gasteiger partial charge in [-0.05, 0) is 64.5 Å². The molecule has 0 bridgehead atoms. The van der Waals surface area contributed by atoms with E-state index >= 15 is 0 Å². The number of rotatable bonds is 4. The van der Waals surface area contributed by atoms with Gasteiger partial charge in [-0.25, -0.2) is 10.2 Å². The van der Waals surface area contributed by atoms with E-state index in [9.17, 15) is 4.39 Å². The van der Waals surface area contributed by atoms with Gasteiger partial charge in [0.05, 0.1) is 0 Å². The molecule has 7 nitrogen and oxygen atoms in total. The van der Waals surface area contributed by atoms with Crippen molar-refractivity contribution in [1.29, 1.82) is 5.41 Å². The molecule has 2 aromatic rings. The summed E-state index contributed by atoms with van der Waals surface area (Å²) in [4.78, 5) is 11.1. The van der Waals surface area contributed by atoms with Gasteiger partial charge in [-0.1, -0.05) is 68.3 Å². The van der Waals surface area contributed by atoms with E-state index in [1.807, 2.05) is 51.1 Å². The van der Waals surface area contributed by atoms with Crippen LogP contribution in [-0.4, -0.2) is 55.4 Å². The van der Waals surface area contributed by atoms with E-state index in [1.54, 1.807) is 19.2 Å². The van der Waals surface area contributed by atoms with Gasteiger partial charge in [0.25, 0.3) is 0 Å². The maximum atomic E-state index is 12.1. The lowest BCUT2D eigenvalue weighted by Crippen LogP contribution is -2.32. The van der Waals surface area contributed by atoms with Crippen LogP contribution in [-0.2, 0) is 4.79 Å². The number of nitrogens with zero attached hydrogens (tertiary/aromatic N) is 2. The number of hydrazine groups is 1. The first-order valence-electron chi connectivity index (χ1n) is 11.8. The molecule has 1 fully saturated rings. The van der Waals surface area contributed by atoms with Crippen LogP contribution in [0.5, 0.6) is 0 Å². The fraction of sp³-hybridized carbons (Fsp3) is 0.462. The molecule has 0 unspecified atom stereocenters. The molecular formula is C26H45FN6O. The van der Waals surface area contributed by atoms with Crippen molar-refractivity contribution in [3.05, 3.63) is 71.5 Å². The number of nitrogens with two attached hydrogens (primary N) is 3. The van der Waals surface area contributed by atoms with Crippen LogP contribution in [0.25, 0.3) is 0 Å². The Bertz CT molecular complexity index is 699. The number of aryl methyl sites for hydroxylation is 1. The number of halogens is 1. The number of likely N-dealkylation sites (tertiary alicyclic amines) is 1. The van der Waals surface area contributed by atoms with Crippen LogP contribution in [0.3, 0.4) is 0 Å². The number of piperidine rings is 1. The molecule has 1 aliphatic rings. The molecule has 0 aromatic heterocycles. The number of benzene rings is 2. The minimum absolute atomic E-state index is 0.171. The van der Waals surface area contributed by atoms with Gasteiger partial charge in [-0.15, -0.1) is 0 Å². The lowest BCUT2D eigenvalue weighted by Gasteiger charge is -2.25. The maximum Gasteiger partial charge on any atom is 0.204 e. The average molecular weight is 477 g/mol. The quantitative estimate of drug-likeness (QED) is 0.175. The molecule has 192 valence electrons. The van der Waals surface area contributed by atoms with Gasteiger partial charge in [-0.3, -0.25) is 15.2 Å². The van der Waals surface area contributed by atoms with Gasteiger partial charge in [0.1, 0.15) is 11.7 Å². The zero-order chi connectivity index (χ0) is 26.2. The van der Waals surface area contributed by atoms with Crippen molar-refractivity contribution in [2.45, 2.75) is 46.5 Å². The monoisotopic (exact) mass is 476 g/mol. The number of amidine groups is 1. The summed E-state index contributed by atoms with van der Waals surface area (Å²) < 4.78 is 12.1. The number of primary amides is 1. The normalized spacial score (nSPS) is 12.0. The Balaban J connectivity index is 0. The third kappa shape index (κ3) is 18.7. The van der Waals surface area contributed by atoms with E-state index in [4.69, 9.17) is 21.8 Å². The first kappa shape index (κ1) is 33.4. The Hall–Kier alpha value is -2.81. The standard InChI is InChI=1S/C8H11N3.C8H18N2.C7H7F.C2H6.CH3NO/c1-11(10)8(9)7-5-3-2-4-6-7;9-5-4-8-10-6-2-1-3-7-10;1-6-2-4-7(8)5-3-6;1-2;2-1-3/h2-6,9H,10H2,1H3;1-9H2;2-5H,1H3;1-2H3;1H,(H2,2,3). The number of hydrogen-bond donors (Lipinski definition) is 4. The molecule has 1 aliphatic heterocycles. The van der Waals surface area contributed by atoms with E-state index in [1.165, 1.54) is 62.5 Å². The molecule has 7 N–H and O–H groups in total. The van der Waals surface area contributed by atoms with Crippen molar-refractivity contribution in [1.82, 2.24) is 9.91 Å². The molecule has 0 saturated carbocycles. The summed E-state index contributed by atoms with van der Waals surface area (Å²) in [6.45, 7) is 10.6. The highest BCUT2D eigenvalue weighted by Crippen LogP contribution is 2.08. The van der Waals surface area contributed by atoms with Gasteiger partial charge < -0.3 is 16.4 Å². The highest BCUT2D eigenvalue weighted by atomic mass is 19.1. The van der Waals surface area contributed by atoms with Crippen LogP contribution in [0, 0.1) is 18.2 Å². The van der Waals surface area contributed by atoms with E-state index in [0.29, 0.717) is 5.84 Å². The van der Waals surface area contributed by atoms with Crippen LogP contribution < -0.4 is 17.3 Å². The second-order valence-electron chi connectivity index (χ2n) is 7.30. The van der Waals surface area contributed by atoms with Gasteiger partial charge in [0.15, 0.2) is 0 Å². The summed E-state index contributed by atoms with van der Waals surface area (Å²) in [5.41, 5.74) is 11.5. The first-order chi connectivity index (χ1) is 16.3. The number of hydrogen-bond acceptors (Lipinski definition) is 5. The molecule has 1 saturated heterocycles. The van der Waals surface area contributed by atoms with E-state index in [0.717, 1.165) is 17.7 Å². The average Bonchev–Trinajstić information content (AvgIpc) is 2.87. The highest BCUT2D eigenvalue weighted by molar-refractivity contribution is 5.95. The molecule has 0 spiro atoms. The minimum Gasteiger partial charge on any atom is -0.372 e. The number of carbonyl (C=O) groups excluding carboxylic acids is 1. The number of amides is 1. The molecule has 34 heavy (non-hydrogen) atoms. The zero-order valence-corrected chi connectivity index (χ0v) is 21.3. The Morgan fingerprint density at radius 1 is 1.06 bits per heavy atom. The van der Waals surface area contributed by atoms with Crippen LogP contribution >= 0.6 is 0 Å². The molecule has 1 amide bonds. The second kappa shape index (κ2) is 23.4. The number of carbonyl (C=O) groups is 1. The van der Waals surface area contributed by atoms with Crippen molar-refractivity contribution in [3.63, 3.8) is 0 Å².